The average molecular weight is 589 g/mol. The number of carbonyl (C=O) groups is 1. The van der Waals surface area contributed by atoms with Crippen molar-refractivity contribution in [1.82, 2.24) is 4.98 Å². The van der Waals surface area contributed by atoms with Crippen LogP contribution < -0.4 is 10.1 Å². The van der Waals surface area contributed by atoms with Crippen molar-refractivity contribution >= 4 is 41.9 Å². The Bertz CT molecular complexity index is 1520. The van der Waals surface area contributed by atoms with Crippen molar-refractivity contribution in [3.05, 3.63) is 77.2 Å². The van der Waals surface area contributed by atoms with Crippen molar-refractivity contribution in [1.29, 1.82) is 0 Å². The van der Waals surface area contributed by atoms with Crippen molar-refractivity contribution in [2.75, 3.05) is 31.3 Å². The van der Waals surface area contributed by atoms with Crippen LogP contribution in [-0.2, 0) is 23.5 Å². The van der Waals surface area contributed by atoms with Crippen LogP contribution >= 0.6 is 0 Å². The molecule has 2 aromatic carbocycles. The molecule has 42 heavy (non-hydrogen) atoms. The summed E-state index contributed by atoms with van der Waals surface area (Å²) in [4.78, 5) is 19.4. The smallest absolute Gasteiger partial charge is 0.506 e. The minimum absolute atomic E-state index is 0.0461. The largest absolute Gasteiger partial charge is 0.537 e. The van der Waals surface area contributed by atoms with Crippen LogP contribution in [0.25, 0.3) is 16.5 Å². The molecule has 0 bridgehead atoms. The van der Waals surface area contributed by atoms with E-state index in [0.717, 1.165) is 29.1 Å². The Morgan fingerprint density at radius 3 is 2.33 bits per heavy atom. The van der Waals surface area contributed by atoms with Crippen LogP contribution in [0.2, 0.25) is 0 Å². The second-order valence-electron chi connectivity index (χ2n) is 12.0. The van der Waals surface area contributed by atoms with Crippen LogP contribution in [0.1, 0.15) is 66.0 Å². The molecule has 2 N–H and O–H groups in total. The summed E-state index contributed by atoms with van der Waals surface area (Å²) in [7, 11) is -3.15. The summed E-state index contributed by atoms with van der Waals surface area (Å²) in [6, 6.07) is 14.3. The van der Waals surface area contributed by atoms with Gasteiger partial charge in [-0.1, -0.05) is 52.0 Å². The summed E-state index contributed by atoms with van der Waals surface area (Å²) in [5, 5.41) is 13.0. The Morgan fingerprint density at radius 1 is 1.05 bits per heavy atom. The van der Waals surface area contributed by atoms with Gasteiger partial charge in [-0.2, -0.15) is 0 Å². The number of allylic oxidation sites excluding steroid dienone is 2. The fraction of sp³-hybridized carbons (Fsp3) is 0.441. The Labute approximate surface area is 250 Å². The van der Waals surface area contributed by atoms with Crippen molar-refractivity contribution in [2.24, 2.45) is 5.92 Å². The molecule has 3 aromatic rings. The highest BCUT2D eigenvalue weighted by atomic mass is 28.4. The monoisotopic (exact) mass is 588 g/mol. The number of anilines is 1. The van der Waals surface area contributed by atoms with Gasteiger partial charge in [0.15, 0.2) is 0 Å². The lowest BCUT2D eigenvalue weighted by molar-refractivity contribution is -0.111. The number of aliphatic hydroxyl groups excluding tert-OH is 1. The standard InChI is InChI=1S/C34H44N2O5Si/c1-8-39-42(40-9-2,41-10-3)23-15-16-28-24(19-23)26(21-35-28)31-32(37)25(33(31)38)20-30-34(6,7)27-13-11-12-14-29(27)36(30)18-17-22(4)5/h11-16,19-22,30,35,37H,8-10,17-18H2,1-7H3/b25-20-. The van der Waals surface area contributed by atoms with Crippen molar-refractivity contribution in [3.63, 3.8) is 0 Å². The number of hydrogen-bond donors (Lipinski definition) is 2. The van der Waals surface area contributed by atoms with E-state index in [-0.39, 0.29) is 23.0 Å². The second-order valence-corrected chi connectivity index (χ2v) is 14.6. The summed E-state index contributed by atoms with van der Waals surface area (Å²) in [5.74, 6) is 0.461. The van der Waals surface area contributed by atoms with Crippen molar-refractivity contribution in [2.45, 2.75) is 66.3 Å². The number of ketones is 1. The number of benzene rings is 2. The highest BCUT2D eigenvalue weighted by Gasteiger charge is 2.46. The maximum atomic E-state index is 13.8. The van der Waals surface area contributed by atoms with Crippen LogP contribution in [-0.4, -0.2) is 57.1 Å². The molecule has 2 aliphatic rings. The zero-order chi connectivity index (χ0) is 30.2. The maximum absolute atomic E-state index is 13.8. The summed E-state index contributed by atoms with van der Waals surface area (Å²) >= 11 is 0. The van der Waals surface area contributed by atoms with Gasteiger partial charge in [-0.3, -0.25) is 4.79 Å². The van der Waals surface area contributed by atoms with E-state index in [9.17, 15) is 9.90 Å². The first-order chi connectivity index (χ1) is 20.1. The number of aromatic amines is 1. The number of aliphatic hydroxyl groups is 1. The van der Waals surface area contributed by atoms with Gasteiger partial charge in [0.2, 0.25) is 5.78 Å². The van der Waals surface area contributed by atoms with Gasteiger partial charge in [-0.15, -0.1) is 0 Å². The second kappa shape index (κ2) is 11.8. The van der Waals surface area contributed by atoms with E-state index in [1.807, 2.05) is 45.0 Å². The Hall–Kier alpha value is -3.17. The third-order valence-electron chi connectivity index (χ3n) is 8.53. The molecule has 0 amide bonds. The molecule has 8 heteroatoms. The normalized spacial score (nSPS) is 19.3. The molecule has 7 nitrogen and oxygen atoms in total. The summed E-state index contributed by atoms with van der Waals surface area (Å²) in [6.45, 7) is 16.9. The van der Waals surface area contributed by atoms with Gasteiger partial charge >= 0.3 is 8.80 Å². The molecule has 1 aliphatic heterocycles. The Balaban J connectivity index is 1.55. The van der Waals surface area contributed by atoms with Gasteiger partial charge in [0.1, 0.15) is 5.76 Å². The molecule has 0 radical (unpaired) electrons. The van der Waals surface area contributed by atoms with Gasteiger partial charge in [0.05, 0.1) is 17.2 Å². The van der Waals surface area contributed by atoms with E-state index in [1.54, 1.807) is 6.20 Å². The molecule has 1 aromatic heterocycles. The van der Waals surface area contributed by atoms with E-state index in [0.29, 0.717) is 42.4 Å². The van der Waals surface area contributed by atoms with Crippen LogP contribution in [0, 0.1) is 5.92 Å². The van der Waals surface area contributed by atoms with Gasteiger partial charge in [-0.05, 0) is 62.9 Å². The molecule has 1 aliphatic carbocycles. The number of fused-ring (bicyclic) bond motifs is 2. The minimum Gasteiger partial charge on any atom is -0.506 e. The SMILES string of the molecule is CCO[Si](OCC)(OCC)c1ccc2[nH]cc(C3=C(O)/C(=C/C4N(CCC(C)C)c5ccccc5C4(C)C)C3=O)c2c1. The number of nitrogens with zero attached hydrogens (tertiary/aromatic N) is 1. The molecule has 0 fully saturated rings. The zero-order valence-corrected chi connectivity index (χ0v) is 26.9. The van der Waals surface area contributed by atoms with Crippen molar-refractivity contribution in [3.8, 4) is 0 Å². The molecule has 224 valence electrons. The predicted molar refractivity (Wildman–Crippen MR) is 171 cm³/mol. The molecule has 0 spiro atoms. The first-order valence-corrected chi connectivity index (χ1v) is 16.9. The lowest BCUT2D eigenvalue weighted by Crippen LogP contribution is -2.56. The molecule has 1 unspecified atom stereocenters. The van der Waals surface area contributed by atoms with Gasteiger partial charge in [-0.25, -0.2) is 0 Å². The fourth-order valence-electron chi connectivity index (χ4n) is 6.37. The fourth-order valence-corrected chi connectivity index (χ4v) is 8.87. The highest BCUT2D eigenvalue weighted by molar-refractivity contribution is 6.75. The van der Waals surface area contributed by atoms with Gasteiger partial charge < -0.3 is 28.3 Å². The van der Waals surface area contributed by atoms with E-state index < -0.39 is 8.80 Å². The zero-order valence-electron chi connectivity index (χ0n) is 25.9. The number of hydrogen-bond acceptors (Lipinski definition) is 6. The molecular formula is C34H44N2O5Si. The first kappa shape index (κ1) is 30.3. The number of nitrogens with one attached hydrogen (secondary N) is 1. The quantitative estimate of drug-likeness (QED) is 0.188. The number of H-pyrrole nitrogens is 1. The molecule has 2 heterocycles. The summed E-state index contributed by atoms with van der Waals surface area (Å²) in [5.41, 5.74) is 4.50. The average Bonchev–Trinajstić information content (AvgIpc) is 3.46. The minimum atomic E-state index is -3.15. The molecule has 1 atom stereocenters. The van der Waals surface area contributed by atoms with Crippen LogP contribution in [0.5, 0.6) is 0 Å². The molecule has 0 saturated carbocycles. The van der Waals surface area contributed by atoms with E-state index >= 15 is 0 Å². The lowest BCUT2D eigenvalue weighted by atomic mass is 9.76. The Morgan fingerprint density at radius 2 is 1.71 bits per heavy atom. The number of rotatable bonds is 12. The van der Waals surface area contributed by atoms with Gasteiger partial charge in [0.25, 0.3) is 0 Å². The third-order valence-corrected chi connectivity index (χ3v) is 11.6. The molecular weight excluding hydrogens is 544 g/mol. The number of Topliss-reactive ketones (excluding diaryl/α,β-unsaturated/α-hetero) is 1. The highest BCUT2D eigenvalue weighted by Crippen LogP contribution is 2.48. The molecule has 5 rings (SSSR count). The summed E-state index contributed by atoms with van der Waals surface area (Å²) < 4.78 is 18.4. The predicted octanol–water partition coefficient (Wildman–Crippen LogP) is 6.41. The lowest BCUT2D eigenvalue weighted by Gasteiger charge is -2.34. The van der Waals surface area contributed by atoms with Crippen molar-refractivity contribution < 1.29 is 23.2 Å². The third kappa shape index (κ3) is 5.04. The van der Waals surface area contributed by atoms with E-state index in [4.69, 9.17) is 13.3 Å². The van der Waals surface area contributed by atoms with E-state index in [2.05, 4.69) is 61.8 Å². The topological polar surface area (TPSA) is 84.0 Å². The number of para-hydroxylation sites is 1. The summed E-state index contributed by atoms with van der Waals surface area (Å²) in [6.07, 6.45) is 4.82. The van der Waals surface area contributed by atoms with E-state index in [1.165, 1.54) is 11.3 Å². The van der Waals surface area contributed by atoms with Crippen LogP contribution in [0.15, 0.2) is 66.1 Å². The number of aromatic nitrogens is 1. The number of carbonyl (C=O) groups excluding carboxylic acids is 1. The molecule has 0 saturated heterocycles. The van der Waals surface area contributed by atoms with Crippen LogP contribution in [0.3, 0.4) is 0 Å². The first-order valence-electron chi connectivity index (χ1n) is 15.2. The van der Waals surface area contributed by atoms with Gasteiger partial charge in [0, 0.05) is 65.3 Å². The Kier molecular flexibility index (Phi) is 8.54. The van der Waals surface area contributed by atoms with Crippen LogP contribution in [0.4, 0.5) is 5.69 Å². The maximum Gasteiger partial charge on any atom is 0.537 e.